The second kappa shape index (κ2) is 16.5. The van der Waals surface area contributed by atoms with E-state index in [-0.39, 0.29) is 5.91 Å². The van der Waals surface area contributed by atoms with Gasteiger partial charge in [0.15, 0.2) is 16.6 Å². The number of benzene rings is 5. The Morgan fingerprint density at radius 1 is 0.816 bits per heavy atom. The zero-order valence-electron chi connectivity index (χ0n) is 26.6. The molecular weight excluding hydrogens is 656 g/mol. The zero-order chi connectivity index (χ0) is 33.8. The molecule has 246 valence electrons. The average molecular weight is 689 g/mol. The molecule has 6 rings (SSSR count). The van der Waals surface area contributed by atoms with Gasteiger partial charge in [0.2, 0.25) is 0 Å². The summed E-state index contributed by atoms with van der Waals surface area (Å²) in [4.78, 5) is 17.3. The lowest BCUT2D eigenvalue weighted by atomic mass is 10.1. The molecule has 0 atom stereocenters. The van der Waals surface area contributed by atoms with Crippen molar-refractivity contribution >= 4 is 45.9 Å². The molecular formula is C39H33ClN4O4S. The fraction of sp³-hybridized carbons (Fsp3) is 0.103. The molecule has 0 fully saturated rings. The van der Waals surface area contributed by atoms with Crippen LogP contribution in [0.3, 0.4) is 0 Å². The van der Waals surface area contributed by atoms with Gasteiger partial charge in [-0.15, -0.1) is 11.3 Å². The zero-order valence-corrected chi connectivity index (χ0v) is 28.2. The van der Waals surface area contributed by atoms with Crippen LogP contribution in [0.5, 0.6) is 17.2 Å². The Kier molecular flexibility index (Phi) is 11.2. The summed E-state index contributed by atoms with van der Waals surface area (Å²) in [5, 5.41) is 10.8. The van der Waals surface area contributed by atoms with Gasteiger partial charge in [-0.3, -0.25) is 4.79 Å². The second-order valence-corrected chi connectivity index (χ2v) is 12.1. The summed E-state index contributed by atoms with van der Waals surface area (Å²) >= 11 is 7.46. The number of thiazole rings is 1. The van der Waals surface area contributed by atoms with Crippen LogP contribution in [0.25, 0.3) is 11.3 Å². The maximum Gasteiger partial charge on any atom is 0.271 e. The number of anilines is 2. The highest BCUT2D eigenvalue weighted by Crippen LogP contribution is 2.30. The number of amides is 1. The van der Waals surface area contributed by atoms with Crippen molar-refractivity contribution in [2.24, 2.45) is 5.10 Å². The lowest BCUT2D eigenvalue weighted by molar-refractivity contribution is 0.0955. The molecule has 2 N–H and O–H groups in total. The van der Waals surface area contributed by atoms with Crippen LogP contribution in [0.2, 0.25) is 5.02 Å². The molecule has 1 heterocycles. The third kappa shape index (κ3) is 9.47. The minimum absolute atomic E-state index is 0.311. The highest BCUT2D eigenvalue weighted by Gasteiger charge is 2.10. The molecule has 0 aliphatic rings. The molecule has 8 nitrogen and oxygen atoms in total. The second-order valence-electron chi connectivity index (χ2n) is 10.8. The van der Waals surface area contributed by atoms with E-state index < -0.39 is 0 Å². The van der Waals surface area contributed by atoms with Gasteiger partial charge in [0.05, 0.1) is 18.5 Å². The lowest BCUT2D eigenvalue weighted by Crippen LogP contribution is -2.17. The van der Waals surface area contributed by atoms with Crippen LogP contribution in [0.15, 0.2) is 132 Å². The molecule has 49 heavy (non-hydrogen) atoms. The smallest absolute Gasteiger partial charge is 0.271 e. The van der Waals surface area contributed by atoms with E-state index >= 15 is 0 Å². The summed E-state index contributed by atoms with van der Waals surface area (Å²) in [7, 11) is 0. The van der Waals surface area contributed by atoms with Crippen molar-refractivity contribution in [1.82, 2.24) is 10.4 Å². The molecule has 1 amide bonds. The molecule has 0 unspecified atom stereocenters. The highest BCUT2D eigenvalue weighted by atomic mass is 35.5. The quantitative estimate of drug-likeness (QED) is 0.0875. The van der Waals surface area contributed by atoms with Crippen molar-refractivity contribution in [1.29, 1.82) is 0 Å². The van der Waals surface area contributed by atoms with Crippen LogP contribution in [0, 0.1) is 0 Å². The highest BCUT2D eigenvalue weighted by molar-refractivity contribution is 7.14. The van der Waals surface area contributed by atoms with E-state index in [4.69, 9.17) is 25.8 Å². The van der Waals surface area contributed by atoms with E-state index in [0.29, 0.717) is 47.7 Å². The van der Waals surface area contributed by atoms with Crippen LogP contribution in [0.4, 0.5) is 10.8 Å². The minimum Gasteiger partial charge on any atom is -0.490 e. The topological polar surface area (TPSA) is 94.1 Å². The molecule has 0 saturated heterocycles. The van der Waals surface area contributed by atoms with Crippen molar-refractivity contribution in [2.45, 2.75) is 20.1 Å². The van der Waals surface area contributed by atoms with Crippen LogP contribution in [0.1, 0.15) is 34.0 Å². The normalized spacial score (nSPS) is 10.9. The lowest BCUT2D eigenvalue weighted by Gasteiger charge is -2.14. The van der Waals surface area contributed by atoms with Crippen molar-refractivity contribution < 1.29 is 19.0 Å². The molecule has 0 spiro atoms. The standard InChI is InChI=1S/C39H33ClN4O4S/c1-2-46-37-22-29(10-21-36(37)48-24-28-6-4-3-5-7-28)25-47-34-19-8-27(9-20-34)23-41-44-38(45)31-13-11-30(12-14-31)35-26-49-39(43-35)42-33-17-15-32(40)16-18-33/h3-23,26H,2,24-25H2,1H3,(H,42,43)(H,44,45)/b41-23-. The number of hydrazone groups is 1. The number of carbonyl (C=O) groups excluding carboxylic acids is 1. The Labute approximate surface area is 294 Å². The molecule has 10 heteroatoms. The first-order valence-corrected chi connectivity index (χ1v) is 16.9. The average Bonchev–Trinajstić information content (AvgIpc) is 3.61. The maximum absolute atomic E-state index is 12.7. The van der Waals surface area contributed by atoms with Crippen molar-refractivity contribution in [3.8, 4) is 28.5 Å². The Balaban J connectivity index is 0.972. The van der Waals surface area contributed by atoms with Gasteiger partial charge in [-0.05, 0) is 96.4 Å². The number of aromatic nitrogens is 1. The largest absolute Gasteiger partial charge is 0.490 e. The molecule has 0 radical (unpaired) electrons. The first-order chi connectivity index (χ1) is 24.0. The Morgan fingerprint density at radius 3 is 2.33 bits per heavy atom. The Hall–Kier alpha value is -5.64. The Morgan fingerprint density at radius 2 is 1.57 bits per heavy atom. The van der Waals surface area contributed by atoms with Gasteiger partial charge in [-0.1, -0.05) is 60.1 Å². The molecule has 0 saturated carbocycles. The van der Waals surface area contributed by atoms with Crippen LogP contribution >= 0.6 is 22.9 Å². The Bertz CT molecular complexity index is 2000. The summed E-state index contributed by atoms with van der Waals surface area (Å²) in [6, 6.07) is 38.0. The summed E-state index contributed by atoms with van der Waals surface area (Å²) < 4.78 is 17.8. The van der Waals surface area contributed by atoms with Gasteiger partial charge in [-0.25, -0.2) is 10.4 Å². The van der Waals surface area contributed by atoms with Gasteiger partial charge >= 0.3 is 0 Å². The van der Waals surface area contributed by atoms with Crippen molar-refractivity contribution in [3.05, 3.63) is 154 Å². The predicted molar refractivity (Wildman–Crippen MR) is 197 cm³/mol. The van der Waals surface area contributed by atoms with Crippen LogP contribution in [-0.2, 0) is 13.2 Å². The van der Waals surface area contributed by atoms with Crippen LogP contribution in [-0.4, -0.2) is 23.7 Å². The number of hydrogen-bond donors (Lipinski definition) is 2. The number of rotatable bonds is 14. The van der Waals surface area contributed by atoms with Gasteiger partial charge in [0.1, 0.15) is 19.0 Å². The van der Waals surface area contributed by atoms with Gasteiger partial charge < -0.3 is 19.5 Å². The van der Waals surface area contributed by atoms with Gasteiger partial charge in [0.25, 0.3) is 5.91 Å². The monoisotopic (exact) mass is 688 g/mol. The van der Waals surface area contributed by atoms with E-state index in [2.05, 4.69) is 20.8 Å². The first kappa shape index (κ1) is 33.3. The van der Waals surface area contributed by atoms with Crippen molar-refractivity contribution in [2.75, 3.05) is 11.9 Å². The maximum atomic E-state index is 12.7. The molecule has 0 bridgehead atoms. The number of carbonyl (C=O) groups is 1. The number of ether oxygens (including phenoxy) is 3. The molecule has 0 aliphatic carbocycles. The van der Waals surface area contributed by atoms with E-state index in [0.717, 1.165) is 38.8 Å². The van der Waals surface area contributed by atoms with E-state index in [1.54, 1.807) is 18.3 Å². The minimum atomic E-state index is -0.311. The molecule has 1 aromatic heterocycles. The number of nitrogens with zero attached hydrogens (tertiary/aromatic N) is 2. The summed E-state index contributed by atoms with van der Waals surface area (Å²) in [6.07, 6.45) is 1.59. The van der Waals surface area contributed by atoms with E-state index in [1.807, 2.05) is 121 Å². The van der Waals surface area contributed by atoms with Gasteiger partial charge in [-0.2, -0.15) is 5.10 Å². The predicted octanol–water partition coefficient (Wildman–Crippen LogP) is 9.53. The number of hydrogen-bond acceptors (Lipinski definition) is 8. The molecule has 5 aromatic carbocycles. The molecule has 6 aromatic rings. The van der Waals surface area contributed by atoms with E-state index in [1.165, 1.54) is 11.3 Å². The third-order valence-corrected chi connectivity index (χ3v) is 8.26. The van der Waals surface area contributed by atoms with E-state index in [9.17, 15) is 4.79 Å². The third-order valence-electron chi connectivity index (χ3n) is 7.25. The molecule has 0 aliphatic heterocycles. The first-order valence-electron chi connectivity index (χ1n) is 15.6. The number of halogens is 1. The fourth-order valence-corrected chi connectivity index (χ4v) is 5.59. The summed E-state index contributed by atoms with van der Waals surface area (Å²) in [6.45, 7) is 3.30. The van der Waals surface area contributed by atoms with Crippen molar-refractivity contribution in [3.63, 3.8) is 0 Å². The van der Waals surface area contributed by atoms with Gasteiger partial charge in [0, 0.05) is 27.2 Å². The summed E-state index contributed by atoms with van der Waals surface area (Å²) in [5.41, 5.74) is 8.56. The fourth-order valence-electron chi connectivity index (χ4n) is 4.72. The van der Waals surface area contributed by atoms with Crippen LogP contribution < -0.4 is 25.0 Å². The number of nitrogens with one attached hydrogen (secondary N) is 2. The summed E-state index contributed by atoms with van der Waals surface area (Å²) in [5.74, 6) is 1.77. The SMILES string of the molecule is CCOc1cc(COc2ccc(/C=N\NC(=O)c3ccc(-c4csc(Nc5ccc(Cl)cc5)n4)cc3)cc2)ccc1OCc1ccccc1.